The number of ether oxygens (including phenoxy) is 1. The lowest BCUT2D eigenvalue weighted by Crippen LogP contribution is -2.13. The number of aromatic nitrogens is 2. The van der Waals surface area contributed by atoms with Gasteiger partial charge in [-0.1, -0.05) is 35.9 Å². The summed E-state index contributed by atoms with van der Waals surface area (Å²) in [4.78, 5) is 18.9. The van der Waals surface area contributed by atoms with E-state index in [9.17, 15) is 4.79 Å². The van der Waals surface area contributed by atoms with Gasteiger partial charge < -0.3 is 9.72 Å². The van der Waals surface area contributed by atoms with Crippen LogP contribution in [0.4, 0.5) is 10.5 Å². The zero-order valence-electron chi connectivity index (χ0n) is 13.5. The summed E-state index contributed by atoms with van der Waals surface area (Å²) in [6.07, 6.45) is 4.87. The first-order valence-corrected chi connectivity index (χ1v) is 8.31. The molecule has 0 aliphatic rings. The minimum atomic E-state index is -0.495. The first-order chi connectivity index (χ1) is 12.2. The van der Waals surface area contributed by atoms with Gasteiger partial charge in [-0.25, -0.2) is 9.78 Å². The van der Waals surface area contributed by atoms with Crippen molar-refractivity contribution >= 4 is 23.4 Å². The Bertz CT molecular complexity index is 800. The largest absolute Gasteiger partial charge is 0.444 e. The highest BCUT2D eigenvalue weighted by molar-refractivity contribution is 6.30. The first kappa shape index (κ1) is 17.0. The molecule has 0 aliphatic heterocycles. The molecule has 5 nitrogen and oxygen atoms in total. The van der Waals surface area contributed by atoms with E-state index in [1.165, 1.54) is 5.56 Å². The number of nitrogens with zero attached hydrogens (tertiary/aromatic N) is 1. The lowest BCUT2D eigenvalue weighted by Gasteiger charge is -2.08. The predicted molar refractivity (Wildman–Crippen MR) is 97.7 cm³/mol. The van der Waals surface area contributed by atoms with Crippen molar-refractivity contribution in [2.45, 2.75) is 19.4 Å². The van der Waals surface area contributed by atoms with Gasteiger partial charge in [0.25, 0.3) is 0 Å². The summed E-state index contributed by atoms with van der Waals surface area (Å²) in [5.41, 5.74) is 3.93. The molecular weight excluding hydrogens is 338 g/mol. The van der Waals surface area contributed by atoms with Gasteiger partial charge in [0.05, 0.1) is 6.33 Å². The van der Waals surface area contributed by atoms with Gasteiger partial charge in [-0.2, -0.15) is 0 Å². The smallest absolute Gasteiger partial charge is 0.411 e. The third-order valence-electron chi connectivity index (χ3n) is 3.72. The average Bonchev–Trinajstić information content (AvgIpc) is 3.15. The molecule has 0 saturated carbocycles. The van der Waals surface area contributed by atoms with Crippen LogP contribution in [0.15, 0.2) is 61.1 Å². The molecule has 0 saturated heterocycles. The Labute approximate surface area is 151 Å². The summed E-state index contributed by atoms with van der Waals surface area (Å²) < 4.78 is 5.22. The molecule has 25 heavy (non-hydrogen) atoms. The molecule has 2 N–H and O–H groups in total. The van der Waals surface area contributed by atoms with Gasteiger partial charge in [0, 0.05) is 22.6 Å². The highest BCUT2D eigenvalue weighted by Gasteiger charge is 2.04. The number of halogens is 1. The molecule has 128 valence electrons. The Kier molecular flexibility index (Phi) is 5.69. The number of aromatic amines is 1. The Morgan fingerprint density at radius 3 is 2.44 bits per heavy atom. The third kappa shape index (κ3) is 5.36. The van der Waals surface area contributed by atoms with Crippen molar-refractivity contribution in [3.63, 3.8) is 0 Å². The van der Waals surface area contributed by atoms with Crippen molar-refractivity contribution in [3.05, 3.63) is 82.9 Å². The van der Waals surface area contributed by atoms with E-state index in [1.54, 1.807) is 30.6 Å². The van der Waals surface area contributed by atoms with E-state index < -0.39 is 6.09 Å². The number of carbonyl (C=O) groups is 1. The summed E-state index contributed by atoms with van der Waals surface area (Å²) in [5.74, 6) is 0. The number of imidazole rings is 1. The molecule has 0 fully saturated rings. The number of hydrogen-bond acceptors (Lipinski definition) is 3. The Balaban J connectivity index is 1.44. The number of anilines is 1. The monoisotopic (exact) mass is 355 g/mol. The minimum Gasteiger partial charge on any atom is -0.444 e. The van der Waals surface area contributed by atoms with Gasteiger partial charge in [0.15, 0.2) is 0 Å². The van der Waals surface area contributed by atoms with E-state index in [-0.39, 0.29) is 6.61 Å². The molecule has 0 atom stereocenters. The molecule has 0 radical (unpaired) electrons. The van der Waals surface area contributed by atoms with Crippen molar-refractivity contribution < 1.29 is 9.53 Å². The molecule has 3 aromatic rings. The molecular formula is C19H18ClN3O2. The van der Waals surface area contributed by atoms with Gasteiger partial charge in [0.1, 0.15) is 6.61 Å². The van der Waals surface area contributed by atoms with Crippen LogP contribution < -0.4 is 5.32 Å². The van der Waals surface area contributed by atoms with Crippen molar-refractivity contribution in [1.82, 2.24) is 9.97 Å². The molecule has 1 amide bonds. The zero-order chi connectivity index (χ0) is 17.5. The fourth-order valence-corrected chi connectivity index (χ4v) is 2.46. The Morgan fingerprint density at radius 2 is 1.76 bits per heavy atom. The van der Waals surface area contributed by atoms with Crippen molar-refractivity contribution in [2.24, 2.45) is 0 Å². The lowest BCUT2D eigenvalue weighted by molar-refractivity contribution is 0.155. The van der Waals surface area contributed by atoms with Gasteiger partial charge >= 0.3 is 6.09 Å². The van der Waals surface area contributed by atoms with Crippen LogP contribution in [0.2, 0.25) is 5.02 Å². The molecule has 0 unspecified atom stereocenters. The summed E-state index contributed by atoms with van der Waals surface area (Å²) in [6, 6.07) is 14.9. The maximum absolute atomic E-state index is 11.8. The average molecular weight is 356 g/mol. The number of hydrogen-bond donors (Lipinski definition) is 2. The number of nitrogens with one attached hydrogen (secondary N) is 2. The maximum atomic E-state index is 11.8. The van der Waals surface area contributed by atoms with E-state index in [4.69, 9.17) is 16.3 Å². The molecule has 0 aliphatic carbocycles. The second kappa shape index (κ2) is 8.35. The summed E-state index contributed by atoms with van der Waals surface area (Å²) in [6.45, 7) is 0.222. The van der Waals surface area contributed by atoms with E-state index in [2.05, 4.69) is 15.3 Å². The quantitative estimate of drug-likeness (QED) is 0.679. The van der Waals surface area contributed by atoms with Crippen LogP contribution in [-0.4, -0.2) is 16.1 Å². The number of carbonyl (C=O) groups excluding carboxylic acids is 1. The van der Waals surface area contributed by atoms with E-state index in [0.717, 1.165) is 24.1 Å². The number of aryl methyl sites for hydroxylation is 2. The second-order valence-corrected chi connectivity index (χ2v) is 6.04. The van der Waals surface area contributed by atoms with Gasteiger partial charge in [-0.05, 0) is 48.2 Å². The first-order valence-electron chi connectivity index (χ1n) is 7.93. The maximum Gasteiger partial charge on any atom is 0.411 e. The number of benzene rings is 2. The fraction of sp³-hybridized carbons (Fsp3) is 0.158. The third-order valence-corrected chi connectivity index (χ3v) is 3.97. The zero-order valence-corrected chi connectivity index (χ0v) is 14.3. The van der Waals surface area contributed by atoms with E-state index in [0.29, 0.717) is 10.7 Å². The van der Waals surface area contributed by atoms with Crippen LogP contribution >= 0.6 is 11.6 Å². The van der Waals surface area contributed by atoms with Crippen LogP contribution in [0.3, 0.4) is 0 Å². The molecule has 0 spiro atoms. The van der Waals surface area contributed by atoms with Gasteiger partial charge in [-0.15, -0.1) is 0 Å². The summed E-state index contributed by atoms with van der Waals surface area (Å²) >= 11 is 5.80. The highest BCUT2D eigenvalue weighted by Crippen LogP contribution is 2.14. The molecule has 1 aromatic heterocycles. The Morgan fingerprint density at radius 1 is 1.04 bits per heavy atom. The standard InChI is InChI=1S/C19H18ClN3O2/c20-16-6-9-17(10-7-16)23-19(24)25-12-15-3-1-14(2-4-15)5-8-18-11-21-13-22-18/h1-4,6-7,9-11,13H,5,8,12H2,(H,21,22)(H,23,24). The lowest BCUT2D eigenvalue weighted by atomic mass is 10.1. The molecule has 1 heterocycles. The summed E-state index contributed by atoms with van der Waals surface area (Å²) in [5, 5.41) is 3.27. The van der Waals surface area contributed by atoms with Crippen molar-refractivity contribution in [3.8, 4) is 0 Å². The van der Waals surface area contributed by atoms with Crippen LogP contribution in [0.5, 0.6) is 0 Å². The normalized spacial score (nSPS) is 10.4. The highest BCUT2D eigenvalue weighted by atomic mass is 35.5. The number of rotatable bonds is 6. The minimum absolute atomic E-state index is 0.222. The number of H-pyrrole nitrogens is 1. The van der Waals surface area contributed by atoms with E-state index in [1.807, 2.05) is 30.5 Å². The van der Waals surface area contributed by atoms with Crippen LogP contribution in [-0.2, 0) is 24.2 Å². The van der Waals surface area contributed by atoms with Gasteiger partial charge in [-0.3, -0.25) is 5.32 Å². The molecule has 0 bridgehead atoms. The van der Waals surface area contributed by atoms with Crippen LogP contribution in [0.25, 0.3) is 0 Å². The Hall–Kier alpha value is -2.79. The van der Waals surface area contributed by atoms with Crippen molar-refractivity contribution in [1.29, 1.82) is 0 Å². The number of amides is 1. The molecule has 2 aromatic carbocycles. The van der Waals surface area contributed by atoms with Crippen LogP contribution in [0, 0.1) is 0 Å². The van der Waals surface area contributed by atoms with E-state index >= 15 is 0 Å². The fourth-order valence-electron chi connectivity index (χ4n) is 2.34. The van der Waals surface area contributed by atoms with Crippen molar-refractivity contribution in [2.75, 3.05) is 5.32 Å². The molecule has 3 rings (SSSR count). The van der Waals surface area contributed by atoms with Gasteiger partial charge in [0.2, 0.25) is 0 Å². The van der Waals surface area contributed by atoms with Crippen LogP contribution in [0.1, 0.15) is 16.8 Å². The SMILES string of the molecule is O=C(Nc1ccc(Cl)cc1)OCc1ccc(CCc2cnc[nH]2)cc1. The predicted octanol–water partition coefficient (Wildman–Crippen LogP) is 4.60. The topological polar surface area (TPSA) is 67.0 Å². The molecule has 6 heteroatoms. The second-order valence-electron chi connectivity index (χ2n) is 5.60. The summed E-state index contributed by atoms with van der Waals surface area (Å²) in [7, 11) is 0.